The van der Waals surface area contributed by atoms with Gasteiger partial charge in [0.1, 0.15) is 0 Å². The molecule has 0 aliphatic heterocycles. The van der Waals surface area contributed by atoms with E-state index in [1.54, 1.807) is 0 Å². The molecule has 10 aromatic carbocycles. The molecule has 1 nitrogen and oxygen atoms in total. The number of hydrogen-bond acceptors (Lipinski definition) is 1. The van der Waals surface area contributed by atoms with Crippen LogP contribution in [0.2, 0.25) is 0 Å². The van der Waals surface area contributed by atoms with Gasteiger partial charge in [-0.25, -0.2) is 0 Å². The summed E-state index contributed by atoms with van der Waals surface area (Å²) in [7, 11) is 0. The lowest BCUT2D eigenvalue weighted by Gasteiger charge is -2.30. The Kier molecular flexibility index (Phi) is 8.24. The second-order valence-electron chi connectivity index (χ2n) is 14.1. The van der Waals surface area contributed by atoms with Gasteiger partial charge in [0, 0.05) is 16.9 Å². The lowest BCUT2D eigenvalue weighted by molar-refractivity contribution is 1.28. The summed E-state index contributed by atoms with van der Waals surface area (Å²) in [4.78, 5) is 2.45. The Bertz CT molecular complexity index is 2960. The number of benzene rings is 10. The van der Waals surface area contributed by atoms with E-state index in [9.17, 15) is 0 Å². The van der Waals surface area contributed by atoms with Crippen molar-refractivity contribution >= 4 is 49.4 Å². The quantitative estimate of drug-likeness (QED) is 0.150. The van der Waals surface area contributed by atoms with Crippen LogP contribution in [-0.4, -0.2) is 0 Å². The molecule has 0 aliphatic rings. The zero-order valence-electron chi connectivity index (χ0n) is 30.3. The number of fused-ring (bicyclic) bond motifs is 4. The van der Waals surface area contributed by atoms with E-state index in [0.29, 0.717) is 0 Å². The molecule has 258 valence electrons. The van der Waals surface area contributed by atoms with Gasteiger partial charge in [0.15, 0.2) is 0 Å². The summed E-state index contributed by atoms with van der Waals surface area (Å²) in [5.41, 5.74) is 12.8. The van der Waals surface area contributed by atoms with E-state index in [4.69, 9.17) is 0 Å². The first-order chi connectivity index (χ1) is 27.3. The van der Waals surface area contributed by atoms with Crippen LogP contribution in [0.15, 0.2) is 224 Å². The number of hydrogen-bond donors (Lipinski definition) is 0. The fourth-order valence-electron chi connectivity index (χ4n) is 8.18. The van der Waals surface area contributed by atoms with Crippen LogP contribution < -0.4 is 4.90 Å². The van der Waals surface area contributed by atoms with Crippen LogP contribution in [0.5, 0.6) is 0 Å². The van der Waals surface area contributed by atoms with Crippen LogP contribution in [-0.2, 0) is 0 Å². The first kappa shape index (κ1) is 32.4. The van der Waals surface area contributed by atoms with Gasteiger partial charge in [0.2, 0.25) is 0 Å². The van der Waals surface area contributed by atoms with Gasteiger partial charge in [0.05, 0.1) is 5.69 Å². The summed E-state index contributed by atoms with van der Waals surface area (Å²) < 4.78 is 0. The van der Waals surface area contributed by atoms with Gasteiger partial charge < -0.3 is 4.90 Å². The highest BCUT2D eigenvalue weighted by molar-refractivity contribution is 6.16. The fraction of sp³-hybridized carbons (Fsp3) is 0. The van der Waals surface area contributed by atoms with E-state index in [1.165, 1.54) is 76.8 Å². The average Bonchev–Trinajstić information content (AvgIpc) is 3.27. The Morgan fingerprint density at radius 2 is 0.818 bits per heavy atom. The minimum Gasteiger partial charge on any atom is -0.310 e. The van der Waals surface area contributed by atoms with Gasteiger partial charge in [-0.2, -0.15) is 0 Å². The summed E-state index contributed by atoms with van der Waals surface area (Å²) in [6.07, 6.45) is 0. The molecule has 0 aromatic heterocycles. The highest BCUT2D eigenvalue weighted by atomic mass is 15.1. The van der Waals surface area contributed by atoms with E-state index in [-0.39, 0.29) is 0 Å². The lowest BCUT2D eigenvalue weighted by Crippen LogP contribution is -2.12. The number of rotatable bonds is 7. The van der Waals surface area contributed by atoms with E-state index in [0.717, 1.165) is 17.1 Å². The SMILES string of the molecule is c1ccc(-c2ccc(N(c3cccc(-c4ccccc4)c3)c3cccc(-c4ccc5ccccc5c4)c3-c3cc4ccccc4c4ccccc34)cc2)cc1. The Hall–Kier alpha value is -7.22. The highest BCUT2D eigenvalue weighted by Gasteiger charge is 2.23. The van der Waals surface area contributed by atoms with Gasteiger partial charge >= 0.3 is 0 Å². The predicted molar refractivity (Wildman–Crippen MR) is 235 cm³/mol. The molecule has 0 amide bonds. The van der Waals surface area contributed by atoms with Crippen LogP contribution in [0.1, 0.15) is 0 Å². The largest absolute Gasteiger partial charge is 0.310 e. The Balaban J connectivity index is 1.28. The molecule has 0 N–H and O–H groups in total. The summed E-state index contributed by atoms with van der Waals surface area (Å²) in [5.74, 6) is 0. The first-order valence-corrected chi connectivity index (χ1v) is 18.9. The van der Waals surface area contributed by atoms with Gasteiger partial charge in [-0.3, -0.25) is 0 Å². The Morgan fingerprint density at radius 1 is 0.255 bits per heavy atom. The Morgan fingerprint density at radius 3 is 1.58 bits per heavy atom. The van der Waals surface area contributed by atoms with Crippen molar-refractivity contribution < 1.29 is 0 Å². The summed E-state index contributed by atoms with van der Waals surface area (Å²) in [6, 6.07) is 81.6. The molecule has 1 heteroatoms. The third-order valence-electron chi connectivity index (χ3n) is 10.8. The van der Waals surface area contributed by atoms with Crippen LogP contribution in [0.3, 0.4) is 0 Å². The second kappa shape index (κ2) is 14.0. The molecule has 0 saturated heterocycles. The van der Waals surface area contributed by atoms with E-state index in [2.05, 4.69) is 229 Å². The lowest BCUT2D eigenvalue weighted by atomic mass is 9.87. The molecule has 0 fully saturated rings. The summed E-state index contributed by atoms with van der Waals surface area (Å²) in [5, 5.41) is 7.42. The Labute approximate surface area is 322 Å². The zero-order chi connectivity index (χ0) is 36.6. The van der Waals surface area contributed by atoms with Crippen LogP contribution >= 0.6 is 0 Å². The van der Waals surface area contributed by atoms with Crippen LogP contribution in [0, 0.1) is 0 Å². The van der Waals surface area contributed by atoms with Crippen molar-refractivity contribution in [3.05, 3.63) is 224 Å². The summed E-state index contributed by atoms with van der Waals surface area (Å²) in [6.45, 7) is 0. The fourth-order valence-corrected chi connectivity index (χ4v) is 8.18. The molecule has 0 radical (unpaired) electrons. The molecule has 0 unspecified atom stereocenters. The molecule has 0 saturated carbocycles. The normalized spacial score (nSPS) is 11.3. The van der Waals surface area contributed by atoms with Crippen molar-refractivity contribution in [3.63, 3.8) is 0 Å². The highest BCUT2D eigenvalue weighted by Crippen LogP contribution is 2.49. The van der Waals surface area contributed by atoms with Crippen molar-refractivity contribution in [2.24, 2.45) is 0 Å². The molecule has 0 atom stereocenters. The monoisotopic (exact) mass is 699 g/mol. The topological polar surface area (TPSA) is 3.24 Å². The maximum atomic E-state index is 2.45. The molecule has 0 aliphatic carbocycles. The molecule has 0 heterocycles. The molecule has 10 rings (SSSR count). The smallest absolute Gasteiger partial charge is 0.0546 e. The zero-order valence-corrected chi connectivity index (χ0v) is 30.3. The van der Waals surface area contributed by atoms with Gasteiger partial charge in [-0.1, -0.05) is 182 Å². The molecule has 0 spiro atoms. The third-order valence-corrected chi connectivity index (χ3v) is 10.8. The van der Waals surface area contributed by atoms with Crippen LogP contribution in [0.25, 0.3) is 76.8 Å². The van der Waals surface area contributed by atoms with Crippen molar-refractivity contribution in [3.8, 4) is 44.5 Å². The molecule has 55 heavy (non-hydrogen) atoms. The van der Waals surface area contributed by atoms with Crippen molar-refractivity contribution in [1.29, 1.82) is 0 Å². The second-order valence-corrected chi connectivity index (χ2v) is 14.1. The minimum absolute atomic E-state index is 1.09. The van der Waals surface area contributed by atoms with Crippen molar-refractivity contribution in [2.45, 2.75) is 0 Å². The van der Waals surface area contributed by atoms with Gasteiger partial charge in [-0.05, 0) is 114 Å². The minimum atomic E-state index is 1.09. The standard InChI is InChI=1S/C54H37N/c1-3-15-38(16-4-1)41-31-33-46(34-32-41)55(47-23-13-22-43(36-47)39-17-5-2-6-18-39)53-28-14-27-49(45-30-29-40-19-7-8-20-42(40)35-45)54(53)52-37-44-21-9-10-24-48(44)50-25-11-12-26-51(50)52/h1-37H. The maximum absolute atomic E-state index is 2.45. The van der Waals surface area contributed by atoms with Crippen LogP contribution in [0.4, 0.5) is 17.1 Å². The van der Waals surface area contributed by atoms with Gasteiger partial charge in [-0.15, -0.1) is 0 Å². The van der Waals surface area contributed by atoms with Crippen molar-refractivity contribution in [2.75, 3.05) is 4.90 Å². The average molecular weight is 700 g/mol. The first-order valence-electron chi connectivity index (χ1n) is 18.9. The van der Waals surface area contributed by atoms with Gasteiger partial charge in [0.25, 0.3) is 0 Å². The third kappa shape index (κ3) is 6.02. The van der Waals surface area contributed by atoms with E-state index < -0.39 is 0 Å². The number of nitrogens with zero attached hydrogens (tertiary/aromatic N) is 1. The molecule has 10 aromatic rings. The van der Waals surface area contributed by atoms with Crippen molar-refractivity contribution in [1.82, 2.24) is 0 Å². The summed E-state index contributed by atoms with van der Waals surface area (Å²) >= 11 is 0. The molecular formula is C54H37N. The predicted octanol–water partition coefficient (Wildman–Crippen LogP) is 15.3. The maximum Gasteiger partial charge on any atom is 0.0546 e. The molecular weight excluding hydrogens is 663 g/mol. The van der Waals surface area contributed by atoms with E-state index >= 15 is 0 Å². The van der Waals surface area contributed by atoms with E-state index in [1.807, 2.05) is 0 Å². The number of anilines is 3. The molecule has 0 bridgehead atoms.